The van der Waals surface area contributed by atoms with Gasteiger partial charge in [0.1, 0.15) is 0 Å². The van der Waals surface area contributed by atoms with Crippen LogP contribution < -0.4 is 0 Å². The summed E-state index contributed by atoms with van der Waals surface area (Å²) in [5, 5.41) is 0. The van der Waals surface area contributed by atoms with Crippen molar-refractivity contribution in [2.45, 2.75) is 45.8 Å². The van der Waals surface area contributed by atoms with Gasteiger partial charge in [-0.1, -0.05) is 27.7 Å². The second-order valence-corrected chi connectivity index (χ2v) is 11.1. The van der Waals surface area contributed by atoms with Crippen LogP contribution in [0.5, 0.6) is 0 Å². The predicted molar refractivity (Wildman–Crippen MR) is 73.1 cm³/mol. The molecule has 104 valence electrons. The largest absolute Gasteiger partial charge is 0.416 e. The van der Waals surface area contributed by atoms with Crippen LogP contribution in [0.25, 0.3) is 0 Å². The lowest BCUT2D eigenvalue weighted by Crippen LogP contribution is -2.37. The fraction of sp³-hybridized carbons (Fsp3) is 1.00. The second-order valence-electron chi connectivity index (χ2n) is 4.65. The van der Waals surface area contributed by atoms with Crippen LogP contribution in [0.1, 0.15) is 27.7 Å². The van der Waals surface area contributed by atoms with Crippen molar-refractivity contribution < 1.29 is 17.0 Å². The van der Waals surface area contributed by atoms with Gasteiger partial charge in [-0.2, -0.15) is 8.42 Å². The first kappa shape index (κ1) is 17.1. The van der Waals surface area contributed by atoms with Crippen molar-refractivity contribution in [3.8, 4) is 0 Å². The Morgan fingerprint density at radius 3 is 1.88 bits per heavy atom. The molecule has 1 atom stereocenters. The quantitative estimate of drug-likeness (QED) is 0.482. The molecule has 0 spiro atoms. The zero-order valence-electron chi connectivity index (χ0n) is 11.7. The van der Waals surface area contributed by atoms with Crippen LogP contribution in [0, 0.1) is 5.92 Å². The van der Waals surface area contributed by atoms with E-state index in [1.807, 2.05) is 6.92 Å². The van der Waals surface area contributed by atoms with E-state index in [0.29, 0.717) is 6.61 Å². The highest BCUT2D eigenvalue weighted by molar-refractivity contribution is 7.85. The third-order valence-corrected chi connectivity index (χ3v) is 8.38. The first-order chi connectivity index (χ1) is 7.78. The molecule has 0 radical (unpaired) electrons. The minimum atomic E-state index is -3.33. The molecule has 0 saturated heterocycles. The fourth-order valence-corrected chi connectivity index (χ4v) is 4.89. The van der Waals surface area contributed by atoms with Gasteiger partial charge in [-0.3, -0.25) is 4.18 Å². The Morgan fingerprint density at radius 1 is 1.06 bits per heavy atom. The van der Waals surface area contributed by atoms with Gasteiger partial charge in [0.05, 0.1) is 12.9 Å². The lowest BCUT2D eigenvalue weighted by molar-refractivity contribution is 0.185. The van der Waals surface area contributed by atoms with Crippen LogP contribution in [0.2, 0.25) is 18.1 Å². The Labute approximate surface area is 107 Å². The topological polar surface area (TPSA) is 52.6 Å². The van der Waals surface area contributed by atoms with E-state index in [9.17, 15) is 8.42 Å². The Kier molecular flexibility index (Phi) is 7.54. The van der Waals surface area contributed by atoms with Crippen molar-refractivity contribution in [3.05, 3.63) is 0 Å². The number of hydrogen-bond donors (Lipinski definition) is 0. The SMILES string of the molecule is CC[Si](CC)(CC)OC[C@H](C)COS(C)(=O)=O. The molecule has 0 amide bonds. The van der Waals surface area contributed by atoms with Gasteiger partial charge in [0.15, 0.2) is 8.32 Å². The lowest BCUT2D eigenvalue weighted by atomic mass is 10.2. The van der Waals surface area contributed by atoms with Gasteiger partial charge < -0.3 is 4.43 Å². The standard InChI is InChI=1S/C11H26O4SSi/c1-6-17(7-2,8-3)15-10-11(4)9-14-16(5,12)13/h11H,6-10H2,1-5H3/t11-/m1/s1. The Bertz CT molecular complexity index is 290. The van der Waals surface area contributed by atoms with Gasteiger partial charge in [-0.15, -0.1) is 0 Å². The Balaban J connectivity index is 4.09. The Hall–Kier alpha value is 0.0869. The van der Waals surface area contributed by atoms with Gasteiger partial charge >= 0.3 is 0 Å². The van der Waals surface area contributed by atoms with E-state index in [1.165, 1.54) is 0 Å². The third-order valence-electron chi connectivity index (χ3n) is 3.17. The molecule has 6 heteroatoms. The highest BCUT2D eigenvalue weighted by Gasteiger charge is 2.29. The summed E-state index contributed by atoms with van der Waals surface area (Å²) in [7, 11) is -4.89. The minimum Gasteiger partial charge on any atom is -0.416 e. The van der Waals surface area contributed by atoms with Crippen molar-refractivity contribution >= 4 is 18.4 Å². The van der Waals surface area contributed by atoms with Gasteiger partial charge in [-0.25, -0.2) is 0 Å². The molecule has 0 aromatic carbocycles. The maximum Gasteiger partial charge on any atom is 0.264 e. The van der Waals surface area contributed by atoms with Crippen LogP contribution in [0.3, 0.4) is 0 Å². The fourth-order valence-electron chi connectivity index (χ4n) is 1.66. The zero-order chi connectivity index (χ0) is 13.5. The molecule has 0 saturated carbocycles. The molecule has 0 bridgehead atoms. The molecule has 0 aliphatic heterocycles. The summed E-state index contributed by atoms with van der Waals surface area (Å²) in [4.78, 5) is 0. The molecule has 0 heterocycles. The first-order valence-corrected chi connectivity index (χ1v) is 10.6. The number of rotatable bonds is 9. The highest BCUT2D eigenvalue weighted by Crippen LogP contribution is 2.22. The number of hydrogen-bond acceptors (Lipinski definition) is 4. The maximum absolute atomic E-state index is 10.9. The van der Waals surface area contributed by atoms with Crippen LogP contribution in [-0.2, 0) is 18.7 Å². The average Bonchev–Trinajstić information content (AvgIpc) is 2.28. The van der Waals surface area contributed by atoms with Crippen LogP contribution in [0.15, 0.2) is 0 Å². The molecule has 0 aliphatic carbocycles. The molecular weight excluding hydrogens is 256 g/mol. The summed E-state index contributed by atoms with van der Waals surface area (Å²) in [6.07, 6.45) is 1.07. The van der Waals surface area contributed by atoms with E-state index >= 15 is 0 Å². The molecule has 0 N–H and O–H groups in total. The Morgan fingerprint density at radius 2 is 1.53 bits per heavy atom. The summed E-state index contributed by atoms with van der Waals surface area (Å²) in [6, 6.07) is 3.33. The summed E-state index contributed by atoms with van der Waals surface area (Å²) in [5.74, 6) is 0.112. The van der Waals surface area contributed by atoms with E-state index in [0.717, 1.165) is 24.4 Å². The molecule has 0 fully saturated rings. The summed E-state index contributed by atoms with van der Waals surface area (Å²) >= 11 is 0. The van der Waals surface area contributed by atoms with Crippen molar-refractivity contribution in [2.75, 3.05) is 19.5 Å². The van der Waals surface area contributed by atoms with Gasteiger partial charge in [-0.05, 0) is 18.1 Å². The predicted octanol–water partition coefficient (Wildman–Crippen LogP) is 2.62. The normalized spacial score (nSPS) is 14.9. The molecule has 4 nitrogen and oxygen atoms in total. The van der Waals surface area contributed by atoms with Crippen molar-refractivity contribution in [3.63, 3.8) is 0 Å². The molecule has 0 unspecified atom stereocenters. The molecule has 17 heavy (non-hydrogen) atoms. The maximum atomic E-state index is 10.9. The van der Waals surface area contributed by atoms with Crippen LogP contribution in [-0.4, -0.2) is 36.2 Å². The van der Waals surface area contributed by atoms with E-state index in [4.69, 9.17) is 8.61 Å². The summed E-state index contributed by atoms with van der Waals surface area (Å²) < 4.78 is 32.5. The van der Waals surface area contributed by atoms with Gasteiger partial charge in [0, 0.05) is 12.5 Å². The van der Waals surface area contributed by atoms with Crippen molar-refractivity contribution in [1.29, 1.82) is 0 Å². The monoisotopic (exact) mass is 282 g/mol. The van der Waals surface area contributed by atoms with E-state index in [-0.39, 0.29) is 12.5 Å². The zero-order valence-corrected chi connectivity index (χ0v) is 13.5. The highest BCUT2D eigenvalue weighted by atomic mass is 32.2. The molecular formula is C11H26O4SSi. The van der Waals surface area contributed by atoms with Crippen LogP contribution >= 0.6 is 0 Å². The summed E-state index contributed by atoms with van der Waals surface area (Å²) in [6.45, 7) is 9.29. The van der Waals surface area contributed by atoms with E-state index < -0.39 is 18.4 Å². The van der Waals surface area contributed by atoms with E-state index in [1.54, 1.807) is 0 Å². The molecule has 0 aromatic heterocycles. The molecule has 0 aromatic rings. The molecule has 0 rings (SSSR count). The van der Waals surface area contributed by atoms with Crippen molar-refractivity contribution in [2.24, 2.45) is 5.92 Å². The van der Waals surface area contributed by atoms with E-state index in [2.05, 4.69) is 20.8 Å². The van der Waals surface area contributed by atoms with Crippen LogP contribution in [0.4, 0.5) is 0 Å². The van der Waals surface area contributed by atoms with Gasteiger partial charge in [0.2, 0.25) is 0 Å². The minimum absolute atomic E-state index is 0.112. The second kappa shape index (κ2) is 7.51. The van der Waals surface area contributed by atoms with Gasteiger partial charge in [0.25, 0.3) is 10.1 Å². The third kappa shape index (κ3) is 7.18. The smallest absolute Gasteiger partial charge is 0.264 e. The van der Waals surface area contributed by atoms with Crippen molar-refractivity contribution in [1.82, 2.24) is 0 Å². The first-order valence-electron chi connectivity index (χ1n) is 6.27. The summed E-state index contributed by atoms with van der Waals surface area (Å²) in [5.41, 5.74) is 0. The lowest BCUT2D eigenvalue weighted by Gasteiger charge is -2.29. The average molecular weight is 282 g/mol. The molecule has 0 aliphatic rings.